The number of hydrogen-bond acceptors (Lipinski definition) is 6. The molecule has 0 atom stereocenters. The van der Waals surface area contributed by atoms with Gasteiger partial charge in [0.15, 0.2) is 0 Å². The number of rotatable bonds is 4. The first kappa shape index (κ1) is 30.9. The number of carbonyl (C=O) groups is 2. The van der Waals surface area contributed by atoms with Crippen molar-refractivity contribution in [3.63, 3.8) is 0 Å². The molecule has 2 aliphatic heterocycles. The maximum absolute atomic E-state index is 12.1. The van der Waals surface area contributed by atoms with Gasteiger partial charge in [0.25, 0.3) is 0 Å². The molecule has 2 aliphatic rings. The number of piperidine rings is 2. The number of likely N-dealkylation sites (tertiary alicyclic amines) is 2. The second-order valence-corrected chi connectivity index (χ2v) is 12.1. The van der Waals surface area contributed by atoms with Gasteiger partial charge in [-0.15, -0.1) is 0 Å². The van der Waals surface area contributed by atoms with Crippen molar-refractivity contribution >= 4 is 12.2 Å². The van der Waals surface area contributed by atoms with E-state index in [1.807, 2.05) is 59.6 Å². The molecule has 0 spiro atoms. The Morgan fingerprint density at radius 2 is 1.27 bits per heavy atom. The Labute approximate surface area is 224 Å². The van der Waals surface area contributed by atoms with E-state index in [0.29, 0.717) is 12.1 Å². The van der Waals surface area contributed by atoms with Crippen LogP contribution in [0.4, 0.5) is 9.59 Å². The SMILES string of the molecule is CN(Cc1ccccc1)C1CCN(C(=O)OC(C)(C)C)CC1.CNC1CCN(C(=O)OC(C)(C)C)CC1. The number of carbonyl (C=O) groups excluding carboxylic acids is 2. The molecule has 8 heteroatoms. The molecule has 2 heterocycles. The maximum Gasteiger partial charge on any atom is 0.410 e. The van der Waals surface area contributed by atoms with Crippen molar-refractivity contribution in [2.45, 2.75) is 97.1 Å². The van der Waals surface area contributed by atoms with Gasteiger partial charge in [0.1, 0.15) is 11.2 Å². The van der Waals surface area contributed by atoms with Crippen molar-refractivity contribution in [2.75, 3.05) is 40.3 Å². The van der Waals surface area contributed by atoms with Crippen LogP contribution in [-0.4, -0.2) is 90.4 Å². The van der Waals surface area contributed by atoms with E-state index >= 15 is 0 Å². The third-order valence-electron chi connectivity index (χ3n) is 6.57. The molecule has 37 heavy (non-hydrogen) atoms. The van der Waals surface area contributed by atoms with E-state index in [1.165, 1.54) is 5.56 Å². The highest BCUT2D eigenvalue weighted by Gasteiger charge is 2.28. The highest BCUT2D eigenvalue weighted by molar-refractivity contribution is 5.68. The van der Waals surface area contributed by atoms with Crippen LogP contribution in [0.3, 0.4) is 0 Å². The van der Waals surface area contributed by atoms with Crippen LogP contribution in [-0.2, 0) is 16.0 Å². The number of benzene rings is 1. The van der Waals surface area contributed by atoms with E-state index in [4.69, 9.17) is 9.47 Å². The molecule has 1 aromatic rings. The molecular weight excluding hydrogens is 468 g/mol. The fourth-order valence-electron chi connectivity index (χ4n) is 4.49. The van der Waals surface area contributed by atoms with Gasteiger partial charge in [-0.2, -0.15) is 0 Å². The van der Waals surface area contributed by atoms with Crippen LogP contribution in [0.25, 0.3) is 0 Å². The van der Waals surface area contributed by atoms with Gasteiger partial charge in [0, 0.05) is 44.8 Å². The quantitative estimate of drug-likeness (QED) is 0.596. The summed E-state index contributed by atoms with van der Waals surface area (Å²) < 4.78 is 10.8. The highest BCUT2D eigenvalue weighted by Crippen LogP contribution is 2.20. The molecule has 0 unspecified atom stereocenters. The molecule has 1 N–H and O–H groups in total. The summed E-state index contributed by atoms with van der Waals surface area (Å²) in [5.41, 5.74) is 0.522. The molecule has 2 fully saturated rings. The van der Waals surface area contributed by atoms with Gasteiger partial charge in [-0.1, -0.05) is 30.3 Å². The van der Waals surface area contributed by atoms with Crippen LogP contribution in [0, 0.1) is 0 Å². The largest absolute Gasteiger partial charge is 0.444 e. The minimum absolute atomic E-state index is 0.183. The molecule has 0 radical (unpaired) electrons. The van der Waals surface area contributed by atoms with Crippen molar-refractivity contribution in [2.24, 2.45) is 0 Å². The Bertz CT molecular complexity index is 819. The second kappa shape index (κ2) is 14.0. The summed E-state index contributed by atoms with van der Waals surface area (Å²) in [5, 5.41) is 3.23. The Kier molecular flexibility index (Phi) is 11.7. The number of ether oxygens (including phenoxy) is 2. The smallest absolute Gasteiger partial charge is 0.410 e. The second-order valence-electron chi connectivity index (χ2n) is 12.1. The monoisotopic (exact) mass is 518 g/mol. The van der Waals surface area contributed by atoms with E-state index in [1.54, 1.807) is 4.90 Å². The van der Waals surface area contributed by atoms with Gasteiger partial charge in [0.2, 0.25) is 0 Å². The summed E-state index contributed by atoms with van der Waals surface area (Å²) >= 11 is 0. The molecule has 3 rings (SSSR count). The van der Waals surface area contributed by atoms with Crippen molar-refractivity contribution < 1.29 is 19.1 Å². The Balaban J connectivity index is 0.000000281. The fraction of sp³-hybridized carbons (Fsp3) is 0.724. The molecule has 0 saturated carbocycles. The maximum atomic E-state index is 12.1. The van der Waals surface area contributed by atoms with E-state index in [-0.39, 0.29) is 12.2 Å². The highest BCUT2D eigenvalue weighted by atomic mass is 16.6. The van der Waals surface area contributed by atoms with Gasteiger partial charge < -0.3 is 24.6 Å². The summed E-state index contributed by atoms with van der Waals surface area (Å²) in [6.07, 6.45) is 3.66. The molecular formula is C29H50N4O4. The molecule has 2 amide bonds. The van der Waals surface area contributed by atoms with Crippen molar-refractivity contribution in [1.82, 2.24) is 20.0 Å². The molecule has 2 saturated heterocycles. The standard InChI is InChI=1S/C18H28N2O2.C11H22N2O2/c1-18(2,3)22-17(21)20-12-10-16(11-13-20)19(4)14-15-8-6-5-7-9-15;1-11(2,3)15-10(14)13-7-5-9(12-4)6-8-13/h5-9,16H,10-14H2,1-4H3;9,12H,5-8H2,1-4H3. The lowest BCUT2D eigenvalue weighted by Crippen LogP contribution is -2.46. The van der Waals surface area contributed by atoms with Gasteiger partial charge in [-0.05, 0) is 86.9 Å². The molecule has 210 valence electrons. The van der Waals surface area contributed by atoms with Gasteiger partial charge in [-0.25, -0.2) is 9.59 Å². The summed E-state index contributed by atoms with van der Waals surface area (Å²) in [7, 11) is 4.13. The first-order valence-electron chi connectivity index (χ1n) is 13.6. The van der Waals surface area contributed by atoms with Crippen molar-refractivity contribution in [1.29, 1.82) is 0 Å². The number of amides is 2. The third kappa shape index (κ3) is 11.7. The first-order valence-corrected chi connectivity index (χ1v) is 13.6. The molecule has 0 bridgehead atoms. The van der Waals surface area contributed by atoms with E-state index in [9.17, 15) is 9.59 Å². The van der Waals surface area contributed by atoms with Gasteiger partial charge in [0.05, 0.1) is 0 Å². The average molecular weight is 519 g/mol. The summed E-state index contributed by atoms with van der Waals surface area (Å²) in [6.45, 7) is 15.5. The lowest BCUT2D eigenvalue weighted by Gasteiger charge is -2.37. The zero-order valence-corrected chi connectivity index (χ0v) is 24.4. The van der Waals surface area contributed by atoms with Crippen LogP contribution < -0.4 is 5.32 Å². The van der Waals surface area contributed by atoms with E-state index < -0.39 is 11.2 Å². The molecule has 0 aromatic heterocycles. The summed E-state index contributed by atoms with van der Waals surface area (Å²) in [5.74, 6) is 0. The summed E-state index contributed by atoms with van der Waals surface area (Å²) in [4.78, 5) is 29.8. The lowest BCUT2D eigenvalue weighted by molar-refractivity contribution is 0.0151. The van der Waals surface area contributed by atoms with Gasteiger partial charge in [-0.3, -0.25) is 4.90 Å². The predicted molar refractivity (Wildman–Crippen MR) is 149 cm³/mol. The third-order valence-corrected chi connectivity index (χ3v) is 6.57. The van der Waals surface area contributed by atoms with Crippen LogP contribution in [0.2, 0.25) is 0 Å². The zero-order valence-electron chi connectivity index (χ0n) is 24.4. The van der Waals surface area contributed by atoms with Crippen LogP contribution >= 0.6 is 0 Å². The topological polar surface area (TPSA) is 74.4 Å². The minimum Gasteiger partial charge on any atom is -0.444 e. The number of hydrogen-bond donors (Lipinski definition) is 1. The first-order chi connectivity index (χ1) is 17.3. The van der Waals surface area contributed by atoms with Gasteiger partial charge >= 0.3 is 12.2 Å². The van der Waals surface area contributed by atoms with Crippen LogP contribution in [0.15, 0.2) is 30.3 Å². The average Bonchev–Trinajstić information content (AvgIpc) is 2.83. The van der Waals surface area contributed by atoms with Crippen LogP contribution in [0.5, 0.6) is 0 Å². The predicted octanol–water partition coefficient (Wildman–Crippen LogP) is 5.12. The number of nitrogens with zero attached hydrogens (tertiary/aromatic N) is 3. The molecule has 0 aliphatic carbocycles. The Morgan fingerprint density at radius 1 is 0.838 bits per heavy atom. The lowest BCUT2D eigenvalue weighted by atomic mass is 10.0. The summed E-state index contributed by atoms with van der Waals surface area (Å²) in [6, 6.07) is 11.6. The van der Waals surface area contributed by atoms with Crippen molar-refractivity contribution in [3.05, 3.63) is 35.9 Å². The normalized spacial score (nSPS) is 17.8. The molecule has 1 aromatic carbocycles. The Morgan fingerprint density at radius 3 is 1.68 bits per heavy atom. The number of nitrogens with one attached hydrogen (secondary N) is 1. The van der Waals surface area contributed by atoms with E-state index in [0.717, 1.165) is 58.4 Å². The van der Waals surface area contributed by atoms with E-state index in [2.05, 4.69) is 41.5 Å². The fourth-order valence-corrected chi connectivity index (χ4v) is 4.49. The zero-order chi connectivity index (χ0) is 27.6. The molecule has 8 nitrogen and oxygen atoms in total. The minimum atomic E-state index is -0.419. The Hall–Kier alpha value is -2.32. The van der Waals surface area contributed by atoms with Crippen LogP contribution in [0.1, 0.15) is 72.8 Å². The van der Waals surface area contributed by atoms with Crippen molar-refractivity contribution in [3.8, 4) is 0 Å².